The van der Waals surface area contributed by atoms with Crippen LogP contribution in [0.15, 0.2) is 6.07 Å². The molecular weight excluding hydrogens is 246 g/mol. The molecule has 18 heavy (non-hydrogen) atoms. The van der Waals surface area contributed by atoms with Crippen molar-refractivity contribution >= 4 is 11.8 Å². The molecule has 0 saturated heterocycles. The molecule has 0 fully saturated rings. The predicted molar refractivity (Wildman–Crippen MR) is 53.2 cm³/mol. The number of tetrazole rings is 1. The third-order valence-electron chi connectivity index (χ3n) is 1.98. The number of esters is 1. The van der Waals surface area contributed by atoms with Crippen LogP contribution in [0.25, 0.3) is 0 Å². The van der Waals surface area contributed by atoms with E-state index in [1.54, 1.807) is 0 Å². The first-order valence-corrected chi connectivity index (χ1v) is 4.66. The molecule has 0 aromatic carbocycles. The standard InChI is InChI=1S/C7H7N7O4/c1-13-4(2-6(10-13)14(16)17)7(15)18-3-5-8-11-12-9-5/h2H,3H2,1H3,(H,8,9,11,12). The topological polar surface area (TPSA) is 142 Å². The molecule has 94 valence electrons. The van der Waals surface area contributed by atoms with Crippen molar-refractivity contribution in [3.63, 3.8) is 0 Å². The molecule has 11 nitrogen and oxygen atoms in total. The monoisotopic (exact) mass is 253 g/mol. The number of carbonyl (C=O) groups is 1. The average molecular weight is 253 g/mol. The number of aromatic amines is 1. The molecule has 0 unspecified atom stereocenters. The van der Waals surface area contributed by atoms with Gasteiger partial charge in [0.1, 0.15) is 0 Å². The summed E-state index contributed by atoms with van der Waals surface area (Å²) in [5.74, 6) is -0.994. The van der Waals surface area contributed by atoms with Gasteiger partial charge in [-0.05, 0) is 4.92 Å². The van der Waals surface area contributed by atoms with Crippen LogP contribution in [-0.4, -0.2) is 41.3 Å². The van der Waals surface area contributed by atoms with Gasteiger partial charge in [-0.25, -0.2) is 4.79 Å². The normalized spacial score (nSPS) is 10.3. The maximum absolute atomic E-state index is 11.6. The Morgan fingerprint density at radius 3 is 3.00 bits per heavy atom. The summed E-state index contributed by atoms with van der Waals surface area (Å²) in [6, 6.07) is 1.03. The highest BCUT2D eigenvalue weighted by Crippen LogP contribution is 2.12. The van der Waals surface area contributed by atoms with Gasteiger partial charge < -0.3 is 14.9 Å². The summed E-state index contributed by atoms with van der Waals surface area (Å²) in [6.45, 7) is -0.186. The Bertz CT molecular complexity index is 575. The van der Waals surface area contributed by atoms with Gasteiger partial charge in [0.25, 0.3) is 0 Å². The molecule has 2 heterocycles. The second-order valence-electron chi connectivity index (χ2n) is 3.17. The Labute approximate surface area is 98.9 Å². The van der Waals surface area contributed by atoms with Crippen LogP contribution < -0.4 is 0 Å². The first-order valence-electron chi connectivity index (χ1n) is 4.66. The van der Waals surface area contributed by atoms with Crippen molar-refractivity contribution in [2.45, 2.75) is 6.61 Å². The number of ether oxygens (including phenoxy) is 1. The van der Waals surface area contributed by atoms with Gasteiger partial charge >= 0.3 is 11.8 Å². The molecule has 0 radical (unpaired) electrons. The number of nitrogens with one attached hydrogen (secondary N) is 1. The molecule has 0 spiro atoms. The molecule has 0 aliphatic heterocycles. The van der Waals surface area contributed by atoms with Crippen LogP contribution in [0.2, 0.25) is 0 Å². The van der Waals surface area contributed by atoms with Crippen molar-refractivity contribution in [3.05, 3.63) is 27.7 Å². The van der Waals surface area contributed by atoms with Crippen molar-refractivity contribution < 1.29 is 14.5 Å². The first kappa shape index (κ1) is 11.6. The Morgan fingerprint density at radius 1 is 1.67 bits per heavy atom. The maximum atomic E-state index is 11.6. The number of hydrogen-bond donors (Lipinski definition) is 1. The predicted octanol–water partition coefficient (Wildman–Crippen LogP) is -0.802. The zero-order valence-corrected chi connectivity index (χ0v) is 9.10. The fourth-order valence-electron chi connectivity index (χ4n) is 1.18. The summed E-state index contributed by atoms with van der Waals surface area (Å²) in [5, 5.41) is 26.7. The summed E-state index contributed by atoms with van der Waals surface area (Å²) in [4.78, 5) is 21.4. The van der Waals surface area contributed by atoms with Crippen LogP contribution in [0.1, 0.15) is 16.3 Å². The Hall–Kier alpha value is -2.85. The van der Waals surface area contributed by atoms with Crippen molar-refractivity contribution in [1.29, 1.82) is 0 Å². The van der Waals surface area contributed by atoms with E-state index in [-0.39, 0.29) is 18.1 Å². The molecule has 0 amide bonds. The van der Waals surface area contributed by atoms with E-state index in [9.17, 15) is 14.9 Å². The Balaban J connectivity index is 2.06. The fourth-order valence-corrected chi connectivity index (χ4v) is 1.18. The van der Waals surface area contributed by atoms with Gasteiger partial charge in [0.05, 0.1) is 18.2 Å². The quantitative estimate of drug-likeness (QED) is 0.423. The van der Waals surface area contributed by atoms with Crippen molar-refractivity contribution in [2.24, 2.45) is 7.05 Å². The van der Waals surface area contributed by atoms with E-state index >= 15 is 0 Å². The molecule has 0 aliphatic rings. The molecule has 2 rings (SSSR count). The zero-order valence-electron chi connectivity index (χ0n) is 9.10. The van der Waals surface area contributed by atoms with Crippen LogP contribution in [0, 0.1) is 10.1 Å². The number of carbonyl (C=O) groups excluding carboxylic acids is 1. The average Bonchev–Trinajstić information content (AvgIpc) is 2.94. The van der Waals surface area contributed by atoms with E-state index in [0.29, 0.717) is 0 Å². The lowest BCUT2D eigenvalue weighted by molar-refractivity contribution is -0.389. The minimum Gasteiger partial charge on any atom is -0.453 e. The molecule has 11 heteroatoms. The van der Waals surface area contributed by atoms with Crippen molar-refractivity contribution in [3.8, 4) is 0 Å². The highest BCUT2D eigenvalue weighted by atomic mass is 16.6. The molecule has 0 atom stereocenters. The highest BCUT2D eigenvalue weighted by molar-refractivity contribution is 5.88. The number of aromatic nitrogens is 6. The molecule has 1 N–H and O–H groups in total. The van der Waals surface area contributed by atoms with Crippen LogP contribution in [-0.2, 0) is 18.4 Å². The van der Waals surface area contributed by atoms with E-state index in [4.69, 9.17) is 4.74 Å². The first-order chi connectivity index (χ1) is 8.58. The van der Waals surface area contributed by atoms with Crippen LogP contribution in [0.3, 0.4) is 0 Å². The van der Waals surface area contributed by atoms with Gasteiger partial charge in [0.15, 0.2) is 12.3 Å². The van der Waals surface area contributed by atoms with Gasteiger partial charge in [0.2, 0.25) is 5.82 Å². The zero-order chi connectivity index (χ0) is 13.1. The van der Waals surface area contributed by atoms with Crippen molar-refractivity contribution in [2.75, 3.05) is 0 Å². The lowest BCUT2D eigenvalue weighted by Gasteiger charge is -1.99. The van der Waals surface area contributed by atoms with E-state index < -0.39 is 16.7 Å². The summed E-state index contributed by atoms with van der Waals surface area (Å²) in [5.41, 5.74) is -0.0369. The Kier molecular flexibility index (Phi) is 2.95. The Morgan fingerprint density at radius 2 is 2.44 bits per heavy atom. The molecule has 0 aliphatic carbocycles. The van der Waals surface area contributed by atoms with Gasteiger partial charge in [0, 0.05) is 0 Å². The van der Waals surface area contributed by atoms with E-state index in [2.05, 4.69) is 25.7 Å². The van der Waals surface area contributed by atoms with Crippen molar-refractivity contribution in [1.82, 2.24) is 30.4 Å². The lowest BCUT2D eigenvalue weighted by atomic mass is 10.4. The number of nitro groups is 1. The molecule has 0 saturated carbocycles. The van der Waals surface area contributed by atoms with Gasteiger partial charge in [-0.1, -0.05) is 5.21 Å². The fraction of sp³-hybridized carbons (Fsp3) is 0.286. The summed E-state index contributed by atoms with van der Waals surface area (Å²) >= 11 is 0. The van der Waals surface area contributed by atoms with Gasteiger partial charge in [-0.3, -0.25) is 0 Å². The summed E-state index contributed by atoms with van der Waals surface area (Å²) < 4.78 is 5.91. The van der Waals surface area contributed by atoms with E-state index in [1.807, 2.05) is 0 Å². The SMILES string of the molecule is Cn1nc([N+](=O)[O-])cc1C(=O)OCc1nn[nH]n1. The minimum absolute atomic E-state index is 0.0369. The van der Waals surface area contributed by atoms with E-state index in [1.165, 1.54) is 7.05 Å². The molecular formula is C7H7N7O4. The third kappa shape index (κ3) is 2.28. The minimum atomic E-state index is -0.761. The van der Waals surface area contributed by atoms with Gasteiger partial charge in [-0.15, -0.1) is 10.2 Å². The summed E-state index contributed by atoms with van der Waals surface area (Å²) in [6.07, 6.45) is 0. The van der Waals surface area contributed by atoms with Gasteiger partial charge in [-0.2, -0.15) is 9.90 Å². The maximum Gasteiger partial charge on any atom is 0.390 e. The number of nitrogens with zero attached hydrogens (tertiary/aromatic N) is 6. The number of H-pyrrole nitrogens is 1. The summed E-state index contributed by atoms with van der Waals surface area (Å²) in [7, 11) is 1.40. The number of hydrogen-bond acceptors (Lipinski definition) is 8. The van der Waals surface area contributed by atoms with E-state index in [0.717, 1.165) is 10.7 Å². The molecule has 0 bridgehead atoms. The molecule has 2 aromatic heterocycles. The van der Waals surface area contributed by atoms with Crippen LogP contribution in [0.5, 0.6) is 0 Å². The van der Waals surface area contributed by atoms with Crippen LogP contribution in [0.4, 0.5) is 5.82 Å². The van der Waals surface area contributed by atoms with Crippen LogP contribution >= 0.6 is 0 Å². The lowest BCUT2D eigenvalue weighted by Crippen LogP contribution is -2.11. The largest absolute Gasteiger partial charge is 0.453 e. The smallest absolute Gasteiger partial charge is 0.390 e. The third-order valence-corrected chi connectivity index (χ3v) is 1.98. The highest BCUT2D eigenvalue weighted by Gasteiger charge is 2.22. The second-order valence-corrected chi connectivity index (χ2v) is 3.17. The molecule has 2 aromatic rings. The number of aryl methyl sites for hydroxylation is 1. The second kappa shape index (κ2) is 4.57. The number of rotatable bonds is 4.